The van der Waals surface area contributed by atoms with E-state index in [0.29, 0.717) is 22.0 Å². The van der Waals surface area contributed by atoms with Gasteiger partial charge in [0.1, 0.15) is 0 Å². The van der Waals surface area contributed by atoms with E-state index in [1.807, 2.05) is 0 Å². The summed E-state index contributed by atoms with van der Waals surface area (Å²) < 4.78 is 0.771. The Morgan fingerprint density at radius 3 is 2.24 bits per heavy atom. The van der Waals surface area contributed by atoms with Crippen LogP contribution in [0.3, 0.4) is 0 Å². The van der Waals surface area contributed by atoms with Crippen molar-refractivity contribution in [1.82, 2.24) is 0 Å². The topological polar surface area (TPSA) is 17.1 Å². The maximum absolute atomic E-state index is 11.8. The molecule has 0 heterocycles. The second-order valence-electron chi connectivity index (χ2n) is 4.82. The van der Waals surface area contributed by atoms with Crippen molar-refractivity contribution in [2.75, 3.05) is 27.7 Å². The molecule has 0 N–H and O–H groups in total. The average molecular weight is 388 g/mol. The largest absolute Gasteiger partial charge is 1.00 e. The lowest BCUT2D eigenvalue weighted by Crippen LogP contribution is -3.00. The van der Waals surface area contributed by atoms with Crippen LogP contribution in [0.15, 0.2) is 18.2 Å². The number of hydrogen-bond donors (Lipinski definition) is 0. The smallest absolute Gasteiger partial charge is 0.168 e. The summed E-state index contributed by atoms with van der Waals surface area (Å²) in [6.45, 7) is 0.805. The Morgan fingerprint density at radius 2 is 1.76 bits per heavy atom. The lowest BCUT2D eigenvalue weighted by atomic mass is 10.1. The molecule has 0 radical (unpaired) electrons. The zero-order valence-electron chi connectivity index (χ0n) is 10.1. The number of halogens is 3. The van der Waals surface area contributed by atoms with E-state index in [2.05, 4.69) is 21.1 Å². The molecule has 0 saturated heterocycles. The van der Waals surface area contributed by atoms with Gasteiger partial charge >= 0.3 is 0 Å². The van der Waals surface area contributed by atoms with Crippen molar-refractivity contribution in [3.05, 3.63) is 33.8 Å². The van der Waals surface area contributed by atoms with E-state index in [4.69, 9.17) is 23.2 Å². The summed E-state index contributed by atoms with van der Waals surface area (Å²) in [5.74, 6) is 0.103. The van der Waals surface area contributed by atoms with Gasteiger partial charge in [-0.15, -0.1) is 0 Å². The quantitative estimate of drug-likeness (QED) is 0.412. The van der Waals surface area contributed by atoms with Gasteiger partial charge in [0.25, 0.3) is 0 Å². The molecule has 0 spiro atoms. The van der Waals surface area contributed by atoms with Crippen molar-refractivity contribution in [1.29, 1.82) is 0 Å². The normalized spacial score (nSPS) is 10.9. The number of benzene rings is 1. The lowest BCUT2D eigenvalue weighted by molar-refractivity contribution is -0.869. The molecule has 0 aliphatic rings. The maximum atomic E-state index is 11.8. The lowest BCUT2D eigenvalue weighted by Gasteiger charge is -2.23. The third-order valence-electron chi connectivity index (χ3n) is 2.25. The SMILES string of the molecule is C[N+](C)(C)CCC(=O)c1ccc(Cl)c(Cl)c1.[I-]. The Morgan fingerprint density at radius 1 is 1.18 bits per heavy atom. The molecular formula is C12H16Cl2INO. The van der Waals surface area contributed by atoms with Crippen LogP contribution in [-0.4, -0.2) is 38.0 Å². The van der Waals surface area contributed by atoms with Gasteiger partial charge in [-0.2, -0.15) is 0 Å². The number of nitrogens with zero attached hydrogens (tertiary/aromatic N) is 1. The number of carbonyl (C=O) groups is 1. The molecule has 1 aromatic rings. The van der Waals surface area contributed by atoms with Crippen LogP contribution in [0.5, 0.6) is 0 Å². The first-order valence-corrected chi connectivity index (χ1v) is 5.84. The molecule has 0 amide bonds. The third kappa shape index (κ3) is 6.04. The fraction of sp³-hybridized carbons (Fsp3) is 0.417. The van der Waals surface area contributed by atoms with Gasteiger partial charge < -0.3 is 28.5 Å². The van der Waals surface area contributed by atoms with Gasteiger partial charge in [-0.05, 0) is 18.2 Å². The molecule has 5 heteroatoms. The van der Waals surface area contributed by atoms with Crippen LogP contribution in [0.2, 0.25) is 10.0 Å². The van der Waals surface area contributed by atoms with Crippen molar-refractivity contribution in [2.45, 2.75) is 6.42 Å². The molecule has 1 rings (SSSR count). The molecule has 0 unspecified atom stereocenters. The van der Waals surface area contributed by atoms with E-state index in [1.54, 1.807) is 18.2 Å². The van der Waals surface area contributed by atoms with Crippen molar-refractivity contribution in [2.24, 2.45) is 0 Å². The Bertz CT molecular complexity index is 402. The summed E-state index contributed by atoms with van der Waals surface area (Å²) in [6.07, 6.45) is 0.515. The Labute approximate surface area is 130 Å². The van der Waals surface area contributed by atoms with E-state index in [1.165, 1.54) is 0 Å². The predicted octanol–water partition coefficient (Wildman–Crippen LogP) is 0.276. The van der Waals surface area contributed by atoms with E-state index in [9.17, 15) is 4.79 Å². The zero-order valence-corrected chi connectivity index (χ0v) is 13.8. The van der Waals surface area contributed by atoms with Crippen LogP contribution in [-0.2, 0) is 0 Å². The van der Waals surface area contributed by atoms with Gasteiger partial charge in [0.05, 0.1) is 44.2 Å². The van der Waals surface area contributed by atoms with E-state index < -0.39 is 0 Å². The van der Waals surface area contributed by atoms with Gasteiger partial charge in [0.2, 0.25) is 0 Å². The van der Waals surface area contributed by atoms with E-state index in [0.717, 1.165) is 11.0 Å². The number of rotatable bonds is 4. The fourth-order valence-corrected chi connectivity index (χ4v) is 1.55. The Hall–Kier alpha value is 0.160. The van der Waals surface area contributed by atoms with Gasteiger partial charge in [-0.1, -0.05) is 23.2 Å². The summed E-state index contributed by atoms with van der Waals surface area (Å²) in [4.78, 5) is 11.8. The monoisotopic (exact) mass is 387 g/mol. The van der Waals surface area contributed by atoms with E-state index >= 15 is 0 Å². The van der Waals surface area contributed by atoms with E-state index in [-0.39, 0.29) is 29.8 Å². The molecule has 0 fully saturated rings. The maximum Gasteiger partial charge on any atom is 0.168 e. The summed E-state index contributed by atoms with van der Waals surface area (Å²) in [6, 6.07) is 5.00. The van der Waals surface area contributed by atoms with Crippen molar-refractivity contribution in [3.8, 4) is 0 Å². The van der Waals surface area contributed by atoms with Crippen molar-refractivity contribution < 1.29 is 33.3 Å². The predicted molar refractivity (Wildman–Crippen MR) is 68.3 cm³/mol. The van der Waals surface area contributed by atoms with Gasteiger partial charge in [-0.3, -0.25) is 4.79 Å². The second kappa shape index (κ2) is 6.92. The summed E-state index contributed by atoms with van der Waals surface area (Å²) in [5, 5.41) is 0.905. The minimum atomic E-state index is 0. The highest BCUT2D eigenvalue weighted by Crippen LogP contribution is 2.23. The number of ketones is 1. The van der Waals surface area contributed by atoms with Gasteiger partial charge in [0, 0.05) is 5.56 Å². The fourth-order valence-electron chi connectivity index (χ4n) is 1.25. The number of Topliss-reactive ketones (excluding diaryl/α,β-unsaturated/α-hetero) is 1. The third-order valence-corrected chi connectivity index (χ3v) is 2.99. The summed E-state index contributed by atoms with van der Waals surface area (Å²) >= 11 is 11.6. The van der Waals surface area contributed by atoms with Crippen LogP contribution >= 0.6 is 23.2 Å². The molecule has 0 aromatic heterocycles. The molecule has 96 valence electrons. The van der Waals surface area contributed by atoms with Gasteiger partial charge in [0.15, 0.2) is 5.78 Å². The van der Waals surface area contributed by atoms with Crippen LogP contribution in [0.4, 0.5) is 0 Å². The molecular weight excluding hydrogens is 372 g/mol. The molecule has 0 aliphatic carbocycles. The number of quaternary nitrogens is 1. The molecule has 17 heavy (non-hydrogen) atoms. The first kappa shape index (κ1) is 17.2. The minimum Gasteiger partial charge on any atom is -1.00 e. The van der Waals surface area contributed by atoms with Crippen molar-refractivity contribution >= 4 is 29.0 Å². The van der Waals surface area contributed by atoms with Crippen LogP contribution in [0, 0.1) is 0 Å². The summed E-state index contributed by atoms with van der Waals surface area (Å²) in [7, 11) is 6.17. The Kier molecular flexibility index (Phi) is 6.99. The first-order valence-electron chi connectivity index (χ1n) is 5.08. The number of carbonyl (C=O) groups excluding carboxylic acids is 1. The average Bonchev–Trinajstić information content (AvgIpc) is 2.17. The molecule has 0 bridgehead atoms. The Balaban J connectivity index is 0.00000256. The zero-order chi connectivity index (χ0) is 12.3. The van der Waals surface area contributed by atoms with Crippen molar-refractivity contribution in [3.63, 3.8) is 0 Å². The van der Waals surface area contributed by atoms with Crippen LogP contribution in [0.25, 0.3) is 0 Å². The van der Waals surface area contributed by atoms with Crippen LogP contribution < -0.4 is 24.0 Å². The summed E-state index contributed by atoms with van der Waals surface area (Å²) in [5.41, 5.74) is 0.628. The second-order valence-corrected chi connectivity index (χ2v) is 5.63. The molecule has 0 aliphatic heterocycles. The molecule has 1 aromatic carbocycles. The number of hydrogen-bond acceptors (Lipinski definition) is 1. The first-order chi connectivity index (χ1) is 7.29. The minimum absolute atomic E-state index is 0. The van der Waals surface area contributed by atoms with Gasteiger partial charge in [-0.25, -0.2) is 0 Å². The standard InChI is InChI=1S/C12H16Cl2NO.HI/c1-15(2,3)7-6-12(16)9-4-5-10(13)11(14)8-9;/h4-5,8H,6-7H2,1-3H3;1H/q+1;/p-1. The molecule has 2 nitrogen and oxygen atoms in total. The highest BCUT2D eigenvalue weighted by molar-refractivity contribution is 6.42. The highest BCUT2D eigenvalue weighted by Gasteiger charge is 2.13. The highest BCUT2D eigenvalue weighted by atomic mass is 127. The van der Waals surface area contributed by atoms with Crippen LogP contribution in [0.1, 0.15) is 16.8 Å². The molecule has 0 atom stereocenters. The molecule has 0 saturated carbocycles.